The van der Waals surface area contributed by atoms with Crippen LogP contribution in [0, 0.1) is 13.8 Å². The van der Waals surface area contributed by atoms with Gasteiger partial charge in [-0.05, 0) is 80.5 Å². The summed E-state index contributed by atoms with van der Waals surface area (Å²) in [6.07, 6.45) is 0. The molecule has 0 saturated carbocycles. The highest BCUT2D eigenvalue weighted by molar-refractivity contribution is 7.80. The topological polar surface area (TPSA) is 42.5 Å². The largest absolute Gasteiger partial charge is 0.497 e. The van der Waals surface area contributed by atoms with Crippen LogP contribution in [0.2, 0.25) is 0 Å². The molecule has 0 unspecified atom stereocenters. The summed E-state index contributed by atoms with van der Waals surface area (Å²) in [5.74, 6) is 1.69. The van der Waals surface area contributed by atoms with Gasteiger partial charge >= 0.3 is 0 Å². The van der Waals surface area contributed by atoms with Crippen molar-refractivity contribution in [1.29, 1.82) is 0 Å². The lowest BCUT2D eigenvalue weighted by Crippen LogP contribution is -2.39. The number of ether oxygens (including phenoxy) is 2. The van der Waals surface area contributed by atoms with Crippen LogP contribution in [0.4, 0.5) is 5.69 Å². The number of anilines is 1. The molecule has 2 N–H and O–H groups in total. The molecular formula is C19H24N2O2S. The quantitative estimate of drug-likeness (QED) is 0.774. The second kappa shape index (κ2) is 8.55. The number of methoxy groups -OCH3 is 1. The highest BCUT2D eigenvalue weighted by Gasteiger charge is 2.06. The summed E-state index contributed by atoms with van der Waals surface area (Å²) in [5, 5.41) is 6.93. The van der Waals surface area contributed by atoms with E-state index in [-0.39, 0.29) is 6.04 Å². The Morgan fingerprint density at radius 3 is 2.33 bits per heavy atom. The zero-order valence-electron chi connectivity index (χ0n) is 14.6. The molecular weight excluding hydrogens is 320 g/mol. The normalized spacial score (nSPS) is 11.5. The molecule has 2 rings (SSSR count). The molecule has 0 amide bonds. The van der Waals surface area contributed by atoms with Crippen molar-refractivity contribution in [3.8, 4) is 11.5 Å². The van der Waals surface area contributed by atoms with Crippen molar-refractivity contribution in [2.45, 2.75) is 26.8 Å². The van der Waals surface area contributed by atoms with E-state index in [0.717, 1.165) is 17.2 Å². The van der Waals surface area contributed by atoms with Gasteiger partial charge in [-0.1, -0.05) is 6.07 Å². The van der Waals surface area contributed by atoms with E-state index in [4.69, 9.17) is 21.7 Å². The lowest BCUT2D eigenvalue weighted by atomic mass is 10.1. The lowest BCUT2D eigenvalue weighted by Gasteiger charge is -2.18. The average Bonchev–Trinajstić information content (AvgIpc) is 2.56. The van der Waals surface area contributed by atoms with Crippen LogP contribution < -0.4 is 20.1 Å². The van der Waals surface area contributed by atoms with Crippen molar-refractivity contribution in [2.24, 2.45) is 0 Å². The minimum absolute atomic E-state index is 0.0878. The Kier molecular flexibility index (Phi) is 6.44. The van der Waals surface area contributed by atoms with Gasteiger partial charge in [0.2, 0.25) is 0 Å². The molecule has 2 aromatic carbocycles. The molecule has 128 valence electrons. The predicted octanol–water partition coefficient (Wildman–Crippen LogP) is 4.07. The third-order valence-electron chi connectivity index (χ3n) is 3.70. The zero-order chi connectivity index (χ0) is 17.5. The number of thiocarbonyl (C=S) groups is 1. The van der Waals surface area contributed by atoms with Gasteiger partial charge in [0.05, 0.1) is 13.2 Å². The van der Waals surface area contributed by atoms with E-state index in [0.29, 0.717) is 11.7 Å². The van der Waals surface area contributed by atoms with Crippen LogP contribution in [0.25, 0.3) is 0 Å². The summed E-state index contributed by atoms with van der Waals surface area (Å²) < 4.78 is 11.0. The maximum atomic E-state index is 5.82. The van der Waals surface area contributed by atoms with E-state index in [1.165, 1.54) is 11.1 Å². The van der Waals surface area contributed by atoms with E-state index < -0.39 is 0 Å². The van der Waals surface area contributed by atoms with Gasteiger partial charge in [0.1, 0.15) is 18.1 Å². The molecule has 0 bridgehead atoms. The second-order valence-corrected chi connectivity index (χ2v) is 6.19. The molecule has 0 aliphatic rings. The number of hydrogen-bond acceptors (Lipinski definition) is 3. The molecule has 0 spiro atoms. The molecule has 1 atom stereocenters. The van der Waals surface area contributed by atoms with E-state index in [1.54, 1.807) is 7.11 Å². The van der Waals surface area contributed by atoms with E-state index >= 15 is 0 Å². The Labute approximate surface area is 149 Å². The van der Waals surface area contributed by atoms with Gasteiger partial charge in [-0.2, -0.15) is 0 Å². The lowest BCUT2D eigenvalue weighted by molar-refractivity contribution is 0.287. The highest BCUT2D eigenvalue weighted by atomic mass is 32.1. The smallest absolute Gasteiger partial charge is 0.171 e. The predicted molar refractivity (Wildman–Crippen MR) is 103 cm³/mol. The van der Waals surface area contributed by atoms with Gasteiger partial charge in [-0.3, -0.25) is 0 Å². The van der Waals surface area contributed by atoms with Gasteiger partial charge in [-0.25, -0.2) is 0 Å². The Morgan fingerprint density at radius 2 is 1.71 bits per heavy atom. The maximum absolute atomic E-state index is 5.82. The van der Waals surface area contributed by atoms with E-state index in [2.05, 4.69) is 36.6 Å². The van der Waals surface area contributed by atoms with Gasteiger partial charge in [-0.15, -0.1) is 0 Å². The summed E-state index contributed by atoms with van der Waals surface area (Å²) in [6.45, 7) is 6.74. The third kappa shape index (κ3) is 5.42. The number of rotatable bonds is 6. The molecule has 24 heavy (non-hydrogen) atoms. The SMILES string of the molecule is COc1ccc(NC(=S)N[C@H](C)COc2ccc(C)c(C)c2)cc1. The van der Waals surface area contributed by atoms with Crippen LogP contribution in [-0.4, -0.2) is 24.9 Å². The first-order valence-electron chi connectivity index (χ1n) is 7.89. The summed E-state index contributed by atoms with van der Waals surface area (Å²) >= 11 is 5.33. The zero-order valence-corrected chi connectivity index (χ0v) is 15.4. The fourth-order valence-electron chi connectivity index (χ4n) is 2.13. The monoisotopic (exact) mass is 344 g/mol. The van der Waals surface area contributed by atoms with Crippen molar-refractivity contribution in [3.05, 3.63) is 53.6 Å². The summed E-state index contributed by atoms with van der Waals surface area (Å²) in [4.78, 5) is 0. The molecule has 4 nitrogen and oxygen atoms in total. The first kappa shape index (κ1) is 18.1. The van der Waals surface area contributed by atoms with Gasteiger partial charge < -0.3 is 20.1 Å². The molecule has 0 fully saturated rings. The van der Waals surface area contributed by atoms with Crippen LogP contribution in [0.15, 0.2) is 42.5 Å². The first-order chi connectivity index (χ1) is 11.5. The summed E-state index contributed by atoms with van der Waals surface area (Å²) in [5.41, 5.74) is 3.40. The van der Waals surface area contributed by atoms with Crippen LogP contribution in [0.1, 0.15) is 18.1 Å². The molecule has 0 aliphatic heterocycles. The molecule has 0 aliphatic carbocycles. The van der Waals surface area contributed by atoms with Gasteiger partial charge in [0.25, 0.3) is 0 Å². The molecule has 0 radical (unpaired) electrons. The fourth-order valence-corrected chi connectivity index (χ4v) is 2.45. The Balaban J connectivity index is 1.79. The maximum Gasteiger partial charge on any atom is 0.171 e. The number of hydrogen-bond donors (Lipinski definition) is 2. The minimum Gasteiger partial charge on any atom is -0.497 e. The Bertz CT molecular complexity index is 686. The standard InChI is InChI=1S/C19H24N2O2S/c1-13-5-8-18(11-14(13)2)23-12-15(3)20-19(24)21-16-6-9-17(22-4)10-7-16/h5-11,15H,12H2,1-4H3,(H2,20,21,24)/t15-/m1/s1. The van der Waals surface area contributed by atoms with Crippen LogP contribution in [0.3, 0.4) is 0 Å². The van der Waals surface area contributed by atoms with E-state index in [1.807, 2.05) is 37.3 Å². The van der Waals surface area contributed by atoms with Crippen molar-refractivity contribution < 1.29 is 9.47 Å². The fraction of sp³-hybridized carbons (Fsp3) is 0.316. The number of aryl methyl sites for hydroxylation is 2. The van der Waals surface area contributed by atoms with Crippen molar-refractivity contribution in [1.82, 2.24) is 5.32 Å². The van der Waals surface area contributed by atoms with Crippen LogP contribution >= 0.6 is 12.2 Å². The third-order valence-corrected chi connectivity index (χ3v) is 3.92. The van der Waals surface area contributed by atoms with Gasteiger partial charge in [0, 0.05) is 5.69 Å². The molecule has 0 aromatic heterocycles. The molecule has 0 heterocycles. The average molecular weight is 344 g/mol. The Morgan fingerprint density at radius 1 is 1.04 bits per heavy atom. The molecule has 0 saturated heterocycles. The van der Waals surface area contributed by atoms with Crippen LogP contribution in [0.5, 0.6) is 11.5 Å². The highest BCUT2D eigenvalue weighted by Crippen LogP contribution is 2.17. The van der Waals surface area contributed by atoms with Crippen molar-refractivity contribution >= 4 is 23.0 Å². The van der Waals surface area contributed by atoms with Crippen molar-refractivity contribution in [2.75, 3.05) is 19.0 Å². The van der Waals surface area contributed by atoms with Crippen molar-refractivity contribution in [3.63, 3.8) is 0 Å². The number of benzene rings is 2. The minimum atomic E-state index is 0.0878. The summed E-state index contributed by atoms with van der Waals surface area (Å²) in [6, 6.07) is 13.8. The Hall–Kier alpha value is -2.27. The van der Waals surface area contributed by atoms with E-state index in [9.17, 15) is 0 Å². The molecule has 5 heteroatoms. The van der Waals surface area contributed by atoms with Gasteiger partial charge in [0.15, 0.2) is 5.11 Å². The number of nitrogens with one attached hydrogen (secondary N) is 2. The van der Waals surface area contributed by atoms with Crippen LogP contribution in [-0.2, 0) is 0 Å². The summed E-state index contributed by atoms with van der Waals surface area (Å²) in [7, 11) is 1.64. The molecule has 2 aromatic rings. The first-order valence-corrected chi connectivity index (χ1v) is 8.30. The second-order valence-electron chi connectivity index (χ2n) is 5.79.